The molecule has 0 spiro atoms. The monoisotopic (exact) mass is 207 g/mol. The molecular formula is C8H10BrN. The molecule has 0 aliphatic rings. The van der Waals surface area contributed by atoms with E-state index in [0.717, 1.165) is 6.20 Å². The highest BCUT2D eigenvalue weighted by Crippen LogP contribution is 2.17. The van der Waals surface area contributed by atoms with Crippen molar-refractivity contribution in [3.8, 4) is 0 Å². The first-order valence-corrected chi connectivity index (χ1v) is 3.34. The molecule has 54 valence electrons. The molecule has 1 rings (SSSR count). The second-order valence-corrected chi connectivity index (χ2v) is 2.50. The number of hydrogen-bond acceptors (Lipinski definition) is 1. The predicted octanol–water partition coefficient (Wildman–Crippen LogP) is 2.71. The maximum Gasteiger partial charge on any atom is 0.0441 e. The van der Waals surface area contributed by atoms with Gasteiger partial charge in [-0.3, -0.25) is 4.98 Å². The van der Waals surface area contributed by atoms with E-state index in [1.54, 1.807) is 0 Å². The highest BCUT2D eigenvalue weighted by molar-refractivity contribution is 9.10. The van der Waals surface area contributed by atoms with Crippen LogP contribution in [0.15, 0.2) is 16.7 Å². The fourth-order valence-electron chi connectivity index (χ4n) is 0.533. The van der Waals surface area contributed by atoms with Crippen molar-refractivity contribution in [3.05, 3.63) is 28.0 Å². The van der Waals surface area contributed by atoms with Gasteiger partial charge in [-0.05, 0) is 24.9 Å². The molecule has 2 heteroatoms. The Labute approximate surface area is 80.9 Å². The van der Waals surface area contributed by atoms with Gasteiger partial charge in [-0.1, -0.05) is 22.8 Å². The molecule has 10 heavy (non-hydrogen) atoms. The summed E-state index contributed by atoms with van der Waals surface area (Å²) in [6.07, 6.45) is -1.67. The van der Waals surface area contributed by atoms with Crippen LogP contribution in [0.1, 0.15) is 29.1 Å². The van der Waals surface area contributed by atoms with E-state index in [1.807, 2.05) is 0 Å². The highest BCUT2D eigenvalue weighted by atomic mass is 79.9. The Bertz CT molecular complexity index is 449. The lowest BCUT2D eigenvalue weighted by Crippen LogP contribution is -1.90. The second-order valence-electron chi connectivity index (χ2n) is 1.64. The lowest BCUT2D eigenvalue weighted by atomic mass is 10.2. The third kappa shape index (κ3) is 1.37. The minimum absolute atomic E-state index is 0.112. The Kier molecular flexibility index (Phi) is 0.727. The molecule has 0 aromatic carbocycles. The van der Waals surface area contributed by atoms with Crippen molar-refractivity contribution in [3.63, 3.8) is 0 Å². The summed E-state index contributed by atoms with van der Waals surface area (Å²) in [7, 11) is 0. The number of aromatic nitrogens is 1. The van der Waals surface area contributed by atoms with Crippen molar-refractivity contribution in [2.24, 2.45) is 0 Å². The van der Waals surface area contributed by atoms with Crippen molar-refractivity contribution in [1.82, 2.24) is 4.98 Å². The van der Waals surface area contributed by atoms with Gasteiger partial charge in [-0.2, -0.15) is 0 Å². The van der Waals surface area contributed by atoms with Crippen molar-refractivity contribution in [2.45, 2.75) is 20.1 Å². The molecule has 0 aliphatic carbocycles. The first-order chi connectivity index (χ1) is 7.89. The molecule has 0 N–H and O–H groups in total. The topological polar surface area (TPSA) is 12.9 Å². The van der Waals surface area contributed by atoms with Crippen LogP contribution < -0.4 is 0 Å². The van der Waals surface area contributed by atoms with Gasteiger partial charge in [0.05, 0.1) is 0 Å². The van der Waals surface area contributed by atoms with E-state index in [1.165, 1.54) is 6.07 Å². The van der Waals surface area contributed by atoms with Gasteiger partial charge in [0.2, 0.25) is 0 Å². The SMILES string of the molecule is [2H]C([2H])([2H])c1c(Br)ccnc1C([2H])([2H])C([2H])([2H])[2H]. The number of hydrogen-bond donors (Lipinski definition) is 0. The number of aryl methyl sites for hydroxylation is 1. The average molecular weight is 208 g/mol. The zero-order valence-electron chi connectivity index (χ0n) is 13.0. The van der Waals surface area contributed by atoms with Gasteiger partial charge >= 0.3 is 0 Å². The van der Waals surface area contributed by atoms with E-state index < -0.39 is 31.3 Å². The van der Waals surface area contributed by atoms with Crippen molar-refractivity contribution >= 4 is 15.9 Å². The summed E-state index contributed by atoms with van der Waals surface area (Å²) < 4.78 is 58.9. The molecule has 0 unspecified atom stereocenters. The number of halogens is 1. The maximum atomic E-state index is 7.61. The predicted molar refractivity (Wildman–Crippen MR) is 46.1 cm³/mol. The molecule has 1 heterocycles. The summed E-state index contributed by atoms with van der Waals surface area (Å²) in [5.41, 5.74) is -0.997. The number of nitrogens with zero attached hydrogens (tertiary/aromatic N) is 1. The quantitative estimate of drug-likeness (QED) is 0.691. The molecule has 0 radical (unpaired) electrons. The van der Waals surface area contributed by atoms with Gasteiger partial charge < -0.3 is 0 Å². The van der Waals surface area contributed by atoms with Crippen LogP contribution in [0.2, 0.25) is 0 Å². The second kappa shape index (κ2) is 3.15. The van der Waals surface area contributed by atoms with Crippen LogP contribution in [0.25, 0.3) is 0 Å². The van der Waals surface area contributed by atoms with E-state index in [-0.39, 0.29) is 4.47 Å². The molecular weight excluding hydrogens is 190 g/mol. The van der Waals surface area contributed by atoms with Crippen LogP contribution >= 0.6 is 15.9 Å². The van der Waals surface area contributed by atoms with E-state index >= 15 is 0 Å². The largest absolute Gasteiger partial charge is 0.261 e. The molecule has 0 aliphatic heterocycles. The van der Waals surface area contributed by atoms with Gasteiger partial charge in [0.15, 0.2) is 0 Å². The Morgan fingerprint density at radius 2 is 2.80 bits per heavy atom. The normalized spacial score (nSPS) is 25.7. The zero-order valence-corrected chi connectivity index (χ0v) is 6.57. The molecule has 0 fully saturated rings. The van der Waals surface area contributed by atoms with Crippen molar-refractivity contribution in [1.29, 1.82) is 0 Å². The maximum absolute atomic E-state index is 7.61. The van der Waals surface area contributed by atoms with Crippen LogP contribution in [-0.2, 0) is 6.37 Å². The van der Waals surface area contributed by atoms with Crippen LogP contribution in [0, 0.1) is 6.85 Å². The fraction of sp³-hybridized carbons (Fsp3) is 0.375. The van der Waals surface area contributed by atoms with Crippen LogP contribution in [0.5, 0.6) is 0 Å². The Hall–Kier alpha value is -0.370. The first kappa shape index (κ1) is 2.31. The Balaban J connectivity index is 3.57. The van der Waals surface area contributed by atoms with E-state index in [4.69, 9.17) is 11.0 Å². The van der Waals surface area contributed by atoms with Gasteiger partial charge in [0.25, 0.3) is 0 Å². The summed E-state index contributed by atoms with van der Waals surface area (Å²) in [6, 6.07) is 1.33. The smallest absolute Gasteiger partial charge is 0.0441 e. The first-order valence-electron chi connectivity index (χ1n) is 6.54. The fourth-order valence-corrected chi connectivity index (χ4v) is 0.839. The minimum Gasteiger partial charge on any atom is -0.261 e. The third-order valence-electron chi connectivity index (χ3n) is 1.02. The third-order valence-corrected chi connectivity index (χ3v) is 1.68. The van der Waals surface area contributed by atoms with Crippen LogP contribution in [0.3, 0.4) is 0 Å². The summed E-state index contributed by atoms with van der Waals surface area (Å²) in [6.45, 7) is -5.65. The lowest BCUT2D eigenvalue weighted by Gasteiger charge is -2.01. The average Bonchev–Trinajstić information content (AvgIpc) is 2.13. The summed E-state index contributed by atoms with van der Waals surface area (Å²) in [5.74, 6) is 0. The molecule has 0 saturated heterocycles. The minimum atomic E-state index is -3.00. The van der Waals surface area contributed by atoms with Gasteiger partial charge in [0.1, 0.15) is 0 Å². The van der Waals surface area contributed by atoms with E-state index in [0.29, 0.717) is 0 Å². The molecule has 0 atom stereocenters. The standard InChI is InChI=1S/C8H10BrN/c1-3-8-6(2)7(9)4-5-10-8/h4-5H,3H2,1-2H3/i1D3,2D3,3D2. The van der Waals surface area contributed by atoms with Crippen LogP contribution in [-0.4, -0.2) is 4.98 Å². The van der Waals surface area contributed by atoms with Gasteiger partial charge in [-0.15, -0.1) is 0 Å². The molecule has 0 saturated carbocycles. The zero-order chi connectivity index (χ0) is 14.4. The number of rotatable bonds is 1. The molecule has 0 bridgehead atoms. The van der Waals surface area contributed by atoms with Crippen molar-refractivity contribution in [2.75, 3.05) is 0 Å². The molecule has 1 aromatic heterocycles. The lowest BCUT2D eigenvalue weighted by molar-refractivity contribution is 1.00. The highest BCUT2D eigenvalue weighted by Gasteiger charge is 1.98. The Morgan fingerprint density at radius 1 is 1.90 bits per heavy atom. The Morgan fingerprint density at radius 3 is 3.50 bits per heavy atom. The van der Waals surface area contributed by atoms with Crippen LogP contribution in [0.4, 0.5) is 0 Å². The summed E-state index contributed by atoms with van der Waals surface area (Å²) in [4.78, 5) is 3.62. The molecule has 1 nitrogen and oxygen atoms in total. The summed E-state index contributed by atoms with van der Waals surface area (Å²) in [5, 5.41) is 0. The van der Waals surface area contributed by atoms with Crippen molar-refractivity contribution < 1.29 is 11.0 Å². The van der Waals surface area contributed by atoms with E-state index in [2.05, 4.69) is 20.9 Å². The molecule has 0 amide bonds. The van der Waals surface area contributed by atoms with E-state index in [9.17, 15) is 0 Å². The number of pyridine rings is 1. The van der Waals surface area contributed by atoms with Gasteiger partial charge in [0, 0.05) is 27.3 Å². The molecule has 1 aromatic rings. The van der Waals surface area contributed by atoms with Gasteiger partial charge in [-0.25, -0.2) is 0 Å². The summed E-state index contributed by atoms with van der Waals surface area (Å²) >= 11 is 2.99.